The highest BCUT2D eigenvalue weighted by Gasteiger charge is 2.40. The Kier molecular flexibility index (Phi) is 5.21. The lowest BCUT2D eigenvalue weighted by Crippen LogP contribution is -2.38. The predicted molar refractivity (Wildman–Crippen MR) is 95.0 cm³/mol. The van der Waals surface area contributed by atoms with Crippen LogP contribution in [0.2, 0.25) is 19.6 Å². The first-order valence-electron chi connectivity index (χ1n) is 8.27. The first-order chi connectivity index (χ1) is 10.6. The topological polar surface area (TPSA) is 38.8 Å². The number of hydrogen-bond donors (Lipinski definition) is 0. The van der Waals surface area contributed by atoms with E-state index in [-0.39, 0.29) is 18.2 Å². The maximum Gasteiger partial charge on any atom is 0.410 e. The number of rotatable bonds is 3. The Morgan fingerprint density at radius 2 is 1.78 bits per heavy atom. The van der Waals surface area contributed by atoms with Crippen LogP contribution in [-0.4, -0.2) is 37.6 Å². The van der Waals surface area contributed by atoms with Crippen LogP contribution >= 0.6 is 0 Å². The fourth-order valence-corrected chi connectivity index (χ4v) is 4.07. The lowest BCUT2D eigenvalue weighted by molar-refractivity contribution is 0.0209. The SMILES string of the molecule is CC(C)(C)OC(=O)N1CC(O[Si](C)(C)C)CC1c1ccccc1. The van der Waals surface area contributed by atoms with Gasteiger partial charge in [-0.05, 0) is 52.4 Å². The van der Waals surface area contributed by atoms with Crippen LogP contribution < -0.4 is 0 Å². The minimum Gasteiger partial charge on any atom is -0.444 e. The van der Waals surface area contributed by atoms with Crippen molar-refractivity contribution < 1.29 is 14.0 Å². The third-order valence-corrected chi connectivity index (χ3v) is 4.64. The third-order valence-electron chi connectivity index (χ3n) is 3.60. The summed E-state index contributed by atoms with van der Waals surface area (Å²) in [6.45, 7) is 12.8. The van der Waals surface area contributed by atoms with E-state index in [1.54, 1.807) is 0 Å². The van der Waals surface area contributed by atoms with Crippen LogP contribution in [-0.2, 0) is 9.16 Å². The fraction of sp³-hybridized carbons (Fsp3) is 0.611. The van der Waals surface area contributed by atoms with E-state index in [9.17, 15) is 4.79 Å². The van der Waals surface area contributed by atoms with Crippen molar-refractivity contribution in [2.45, 2.75) is 64.6 Å². The summed E-state index contributed by atoms with van der Waals surface area (Å²) in [4.78, 5) is 14.4. The van der Waals surface area contributed by atoms with Crippen LogP contribution in [0.25, 0.3) is 0 Å². The number of carbonyl (C=O) groups is 1. The molecule has 0 bridgehead atoms. The summed E-state index contributed by atoms with van der Waals surface area (Å²) in [5, 5.41) is 0. The zero-order chi connectivity index (χ0) is 17.3. The Morgan fingerprint density at radius 3 is 2.30 bits per heavy atom. The van der Waals surface area contributed by atoms with Gasteiger partial charge < -0.3 is 9.16 Å². The van der Waals surface area contributed by atoms with Gasteiger partial charge in [0.1, 0.15) is 5.60 Å². The minimum absolute atomic E-state index is 0.0207. The maximum absolute atomic E-state index is 12.6. The lowest BCUT2D eigenvalue weighted by Gasteiger charge is -2.28. The molecule has 5 heteroatoms. The smallest absolute Gasteiger partial charge is 0.410 e. The van der Waals surface area contributed by atoms with Gasteiger partial charge >= 0.3 is 6.09 Å². The zero-order valence-corrected chi connectivity index (χ0v) is 16.1. The van der Waals surface area contributed by atoms with Crippen molar-refractivity contribution >= 4 is 14.4 Å². The molecule has 1 aliphatic heterocycles. The monoisotopic (exact) mass is 335 g/mol. The molecule has 0 aliphatic carbocycles. The van der Waals surface area contributed by atoms with Crippen molar-refractivity contribution in [2.24, 2.45) is 0 Å². The summed E-state index contributed by atoms with van der Waals surface area (Å²) >= 11 is 0. The predicted octanol–water partition coefficient (Wildman–Crippen LogP) is 4.59. The second-order valence-electron chi connectivity index (χ2n) is 8.15. The van der Waals surface area contributed by atoms with Gasteiger partial charge in [-0.15, -0.1) is 0 Å². The minimum atomic E-state index is -1.64. The summed E-state index contributed by atoms with van der Waals surface area (Å²) in [5.74, 6) is 0. The quantitative estimate of drug-likeness (QED) is 0.758. The van der Waals surface area contributed by atoms with E-state index >= 15 is 0 Å². The molecule has 128 valence electrons. The van der Waals surface area contributed by atoms with Crippen molar-refractivity contribution in [1.82, 2.24) is 4.90 Å². The van der Waals surface area contributed by atoms with Gasteiger partial charge in [0.15, 0.2) is 8.32 Å². The van der Waals surface area contributed by atoms with Gasteiger partial charge in [-0.25, -0.2) is 4.79 Å². The molecule has 2 rings (SSSR count). The highest BCUT2D eigenvalue weighted by atomic mass is 28.4. The largest absolute Gasteiger partial charge is 0.444 e. The van der Waals surface area contributed by atoms with E-state index in [4.69, 9.17) is 9.16 Å². The molecule has 0 saturated carbocycles. The average molecular weight is 336 g/mol. The molecule has 1 amide bonds. The molecule has 2 unspecified atom stereocenters. The van der Waals surface area contributed by atoms with Gasteiger partial charge in [0.2, 0.25) is 0 Å². The molecular weight excluding hydrogens is 306 g/mol. The molecule has 1 fully saturated rings. The van der Waals surface area contributed by atoms with E-state index in [2.05, 4.69) is 31.8 Å². The molecule has 23 heavy (non-hydrogen) atoms. The summed E-state index contributed by atoms with van der Waals surface area (Å²) in [7, 11) is -1.64. The van der Waals surface area contributed by atoms with E-state index in [0.29, 0.717) is 6.54 Å². The Labute approximate surface area is 140 Å². The summed E-state index contributed by atoms with van der Waals surface area (Å²) in [6, 6.07) is 10.2. The molecule has 4 nitrogen and oxygen atoms in total. The third kappa shape index (κ3) is 5.36. The number of likely N-dealkylation sites (tertiary alicyclic amines) is 1. The summed E-state index contributed by atoms with van der Waals surface area (Å²) < 4.78 is 11.8. The highest BCUT2D eigenvalue weighted by molar-refractivity contribution is 6.69. The van der Waals surface area contributed by atoms with Crippen molar-refractivity contribution in [2.75, 3.05) is 6.54 Å². The van der Waals surface area contributed by atoms with E-state index in [1.807, 2.05) is 43.9 Å². The highest BCUT2D eigenvalue weighted by Crippen LogP contribution is 2.35. The zero-order valence-electron chi connectivity index (χ0n) is 15.1. The second-order valence-corrected chi connectivity index (χ2v) is 12.6. The van der Waals surface area contributed by atoms with E-state index in [0.717, 1.165) is 12.0 Å². The Hall–Kier alpha value is -1.33. The molecule has 2 atom stereocenters. The number of ether oxygens (including phenoxy) is 1. The number of carbonyl (C=O) groups excluding carboxylic acids is 1. The fourth-order valence-electron chi connectivity index (χ4n) is 2.90. The number of nitrogens with zero attached hydrogens (tertiary/aromatic N) is 1. The number of hydrogen-bond acceptors (Lipinski definition) is 3. The molecule has 1 aromatic carbocycles. The van der Waals surface area contributed by atoms with Gasteiger partial charge in [0.05, 0.1) is 12.1 Å². The molecule has 1 aromatic rings. The summed E-state index contributed by atoms with van der Waals surface area (Å²) in [6.07, 6.45) is 0.653. The van der Waals surface area contributed by atoms with Crippen LogP contribution in [0.4, 0.5) is 4.79 Å². The van der Waals surface area contributed by atoms with E-state index < -0.39 is 13.9 Å². The molecule has 0 spiro atoms. The van der Waals surface area contributed by atoms with Crippen molar-refractivity contribution in [3.63, 3.8) is 0 Å². The first kappa shape index (κ1) is 18.0. The van der Waals surface area contributed by atoms with Crippen molar-refractivity contribution in [3.05, 3.63) is 35.9 Å². The van der Waals surface area contributed by atoms with Gasteiger partial charge in [0, 0.05) is 6.54 Å². The Balaban J connectivity index is 2.19. The van der Waals surface area contributed by atoms with Crippen LogP contribution in [0.15, 0.2) is 30.3 Å². The van der Waals surface area contributed by atoms with Gasteiger partial charge in [-0.2, -0.15) is 0 Å². The normalized spacial score (nSPS) is 22.3. The van der Waals surface area contributed by atoms with Crippen LogP contribution in [0.1, 0.15) is 38.8 Å². The van der Waals surface area contributed by atoms with Gasteiger partial charge in [-0.1, -0.05) is 30.3 Å². The van der Waals surface area contributed by atoms with Crippen LogP contribution in [0.5, 0.6) is 0 Å². The molecule has 1 aliphatic rings. The first-order valence-corrected chi connectivity index (χ1v) is 11.7. The summed E-state index contributed by atoms with van der Waals surface area (Å²) in [5.41, 5.74) is 0.649. The van der Waals surface area contributed by atoms with Crippen LogP contribution in [0, 0.1) is 0 Å². The Bertz CT molecular complexity index is 533. The lowest BCUT2D eigenvalue weighted by atomic mass is 10.0. The second kappa shape index (κ2) is 6.65. The van der Waals surface area contributed by atoms with Crippen LogP contribution in [0.3, 0.4) is 0 Å². The molecular formula is C18H29NO3Si. The van der Waals surface area contributed by atoms with Crippen molar-refractivity contribution in [1.29, 1.82) is 0 Å². The number of amides is 1. The average Bonchev–Trinajstić information content (AvgIpc) is 2.79. The van der Waals surface area contributed by atoms with Gasteiger partial charge in [-0.3, -0.25) is 4.90 Å². The molecule has 1 saturated heterocycles. The number of benzene rings is 1. The maximum atomic E-state index is 12.6. The standard InChI is InChI=1S/C18H29NO3Si/c1-18(2,3)21-17(20)19-13-15(22-23(4,5)6)12-16(19)14-10-8-7-9-11-14/h7-11,15-16H,12-13H2,1-6H3. The molecule has 1 heterocycles. The van der Waals surface area contributed by atoms with E-state index in [1.165, 1.54) is 0 Å². The molecule has 0 radical (unpaired) electrons. The Morgan fingerprint density at radius 1 is 1.17 bits per heavy atom. The van der Waals surface area contributed by atoms with Gasteiger partial charge in [0.25, 0.3) is 0 Å². The van der Waals surface area contributed by atoms with Crippen molar-refractivity contribution in [3.8, 4) is 0 Å². The molecule has 0 N–H and O–H groups in total. The molecule has 0 aromatic heterocycles.